The Morgan fingerprint density at radius 1 is 1.24 bits per heavy atom. The normalized spacial score (nSPS) is 16.1. The molecule has 1 aliphatic rings. The third-order valence-electron chi connectivity index (χ3n) is 4.14. The highest BCUT2D eigenvalue weighted by Crippen LogP contribution is 2.29. The first-order valence-corrected chi connectivity index (χ1v) is 8.21. The van der Waals surface area contributed by atoms with E-state index in [1.807, 2.05) is 5.38 Å². The second kappa shape index (κ2) is 6.31. The molecule has 2 aromatic rings. The van der Waals surface area contributed by atoms with Crippen molar-refractivity contribution in [3.8, 4) is 0 Å². The van der Waals surface area contributed by atoms with Crippen molar-refractivity contribution in [2.75, 3.05) is 18.0 Å². The van der Waals surface area contributed by atoms with Crippen LogP contribution in [0.1, 0.15) is 28.1 Å². The minimum absolute atomic E-state index is 0.427. The van der Waals surface area contributed by atoms with E-state index in [1.54, 1.807) is 6.07 Å². The van der Waals surface area contributed by atoms with Gasteiger partial charge in [0.25, 0.3) is 0 Å². The summed E-state index contributed by atoms with van der Waals surface area (Å²) in [5.74, 6) is -0.0913. The van der Waals surface area contributed by atoms with Crippen LogP contribution in [-0.2, 0) is 6.42 Å². The van der Waals surface area contributed by atoms with Crippen molar-refractivity contribution in [3.05, 3.63) is 52.2 Å². The van der Waals surface area contributed by atoms with Crippen LogP contribution in [0.25, 0.3) is 0 Å². The first-order valence-electron chi connectivity index (χ1n) is 7.33. The van der Waals surface area contributed by atoms with Gasteiger partial charge in [0.15, 0.2) is 0 Å². The van der Waals surface area contributed by atoms with E-state index in [-0.39, 0.29) is 0 Å². The molecule has 1 aromatic carbocycles. The summed E-state index contributed by atoms with van der Waals surface area (Å²) in [6.45, 7) is 2.04. The highest BCUT2D eigenvalue weighted by atomic mass is 32.1. The van der Waals surface area contributed by atoms with Crippen LogP contribution in [0, 0.1) is 5.92 Å². The molecule has 1 aromatic heterocycles. The van der Waals surface area contributed by atoms with E-state index in [0.717, 1.165) is 31.1 Å². The number of carboxylic acid groups (broad SMARTS) is 1. The maximum absolute atomic E-state index is 10.9. The molecule has 1 aliphatic heterocycles. The van der Waals surface area contributed by atoms with Gasteiger partial charge in [-0.1, -0.05) is 30.3 Å². The van der Waals surface area contributed by atoms with E-state index in [4.69, 9.17) is 5.11 Å². The number of carbonyl (C=O) groups is 1. The summed E-state index contributed by atoms with van der Waals surface area (Å²) >= 11 is 1.31. The summed E-state index contributed by atoms with van der Waals surface area (Å²) < 4.78 is 0. The van der Waals surface area contributed by atoms with Crippen LogP contribution in [0.4, 0.5) is 5.69 Å². The second-order valence-electron chi connectivity index (χ2n) is 5.59. The zero-order valence-electron chi connectivity index (χ0n) is 11.9. The fourth-order valence-electron chi connectivity index (χ4n) is 2.95. The fraction of sp³-hybridized carbons (Fsp3) is 0.353. The number of hydrogen-bond acceptors (Lipinski definition) is 3. The molecule has 3 nitrogen and oxygen atoms in total. The Bertz CT molecular complexity index is 600. The summed E-state index contributed by atoms with van der Waals surface area (Å²) in [5.41, 5.74) is 2.48. The zero-order valence-corrected chi connectivity index (χ0v) is 12.7. The molecule has 2 heterocycles. The van der Waals surface area contributed by atoms with Crippen molar-refractivity contribution in [2.45, 2.75) is 19.3 Å². The number of hydrogen-bond donors (Lipinski definition) is 1. The molecular weight excluding hydrogens is 282 g/mol. The quantitative estimate of drug-likeness (QED) is 0.931. The number of anilines is 1. The summed E-state index contributed by atoms with van der Waals surface area (Å²) in [5, 5.41) is 11.0. The van der Waals surface area contributed by atoms with Crippen molar-refractivity contribution < 1.29 is 9.90 Å². The van der Waals surface area contributed by atoms with Gasteiger partial charge in [-0.25, -0.2) is 4.79 Å². The minimum Gasteiger partial charge on any atom is -0.477 e. The molecule has 1 N–H and O–H groups in total. The number of aromatic carboxylic acids is 1. The third-order valence-corrected chi connectivity index (χ3v) is 5.05. The molecule has 0 bridgehead atoms. The SMILES string of the molecule is O=C(O)c1cc(N2CCC(Cc3ccccc3)CC2)cs1. The lowest BCUT2D eigenvalue weighted by Crippen LogP contribution is -2.34. The lowest BCUT2D eigenvalue weighted by atomic mass is 9.90. The number of carboxylic acids is 1. The second-order valence-corrected chi connectivity index (χ2v) is 6.51. The van der Waals surface area contributed by atoms with Crippen LogP contribution >= 0.6 is 11.3 Å². The van der Waals surface area contributed by atoms with Crippen molar-refractivity contribution in [3.63, 3.8) is 0 Å². The lowest BCUT2D eigenvalue weighted by molar-refractivity contribution is 0.0702. The van der Waals surface area contributed by atoms with Gasteiger partial charge in [0.2, 0.25) is 0 Å². The number of piperidine rings is 1. The van der Waals surface area contributed by atoms with Crippen molar-refractivity contribution in [1.29, 1.82) is 0 Å². The Morgan fingerprint density at radius 3 is 2.57 bits per heavy atom. The topological polar surface area (TPSA) is 40.5 Å². The van der Waals surface area contributed by atoms with Crippen molar-refractivity contribution in [1.82, 2.24) is 0 Å². The van der Waals surface area contributed by atoms with Gasteiger partial charge in [-0.3, -0.25) is 0 Å². The van der Waals surface area contributed by atoms with E-state index in [1.165, 1.54) is 29.7 Å². The molecule has 0 radical (unpaired) electrons. The summed E-state index contributed by atoms with van der Waals surface area (Å²) in [7, 11) is 0. The van der Waals surface area contributed by atoms with Crippen LogP contribution in [0.2, 0.25) is 0 Å². The van der Waals surface area contributed by atoms with Gasteiger partial charge in [-0.05, 0) is 36.8 Å². The van der Waals surface area contributed by atoms with Crippen LogP contribution in [-0.4, -0.2) is 24.2 Å². The number of thiophene rings is 1. The van der Waals surface area contributed by atoms with Gasteiger partial charge in [-0.15, -0.1) is 11.3 Å². The van der Waals surface area contributed by atoms with Crippen molar-refractivity contribution >= 4 is 23.0 Å². The Morgan fingerprint density at radius 2 is 1.95 bits per heavy atom. The van der Waals surface area contributed by atoms with E-state index in [9.17, 15) is 4.79 Å². The smallest absolute Gasteiger partial charge is 0.345 e. The van der Waals surface area contributed by atoms with E-state index >= 15 is 0 Å². The van der Waals surface area contributed by atoms with Gasteiger partial charge < -0.3 is 10.0 Å². The van der Waals surface area contributed by atoms with Crippen molar-refractivity contribution in [2.24, 2.45) is 5.92 Å². The molecule has 1 fully saturated rings. The molecule has 0 spiro atoms. The van der Waals surface area contributed by atoms with Crippen LogP contribution in [0.15, 0.2) is 41.8 Å². The predicted molar refractivity (Wildman–Crippen MR) is 86.4 cm³/mol. The predicted octanol–water partition coefficient (Wildman–Crippen LogP) is 3.91. The standard InChI is InChI=1S/C17H19NO2S/c19-17(20)16-11-15(12-21-16)18-8-6-14(7-9-18)10-13-4-2-1-3-5-13/h1-5,11-12,14H,6-10H2,(H,19,20). The molecule has 110 valence electrons. The Hall–Kier alpha value is -1.81. The number of benzene rings is 1. The molecule has 0 saturated carbocycles. The van der Waals surface area contributed by atoms with Crippen LogP contribution in [0.3, 0.4) is 0 Å². The first-order chi connectivity index (χ1) is 10.2. The molecule has 4 heteroatoms. The van der Waals surface area contributed by atoms with E-state index in [2.05, 4.69) is 35.2 Å². The Kier molecular flexibility index (Phi) is 4.25. The molecular formula is C17H19NO2S. The molecule has 0 aliphatic carbocycles. The molecule has 21 heavy (non-hydrogen) atoms. The average molecular weight is 301 g/mol. The lowest BCUT2D eigenvalue weighted by Gasteiger charge is -2.33. The maximum atomic E-state index is 10.9. The number of nitrogens with zero attached hydrogens (tertiary/aromatic N) is 1. The highest BCUT2D eigenvalue weighted by Gasteiger charge is 2.21. The van der Waals surface area contributed by atoms with Gasteiger partial charge in [0.05, 0.1) is 0 Å². The average Bonchev–Trinajstić information content (AvgIpc) is 2.99. The highest BCUT2D eigenvalue weighted by molar-refractivity contribution is 7.12. The summed E-state index contributed by atoms with van der Waals surface area (Å²) in [6, 6.07) is 12.5. The van der Waals surface area contributed by atoms with E-state index < -0.39 is 5.97 Å². The molecule has 0 unspecified atom stereocenters. The van der Waals surface area contributed by atoms with E-state index in [0.29, 0.717) is 4.88 Å². The van der Waals surface area contributed by atoms with Gasteiger partial charge in [0.1, 0.15) is 4.88 Å². The third kappa shape index (κ3) is 3.45. The van der Waals surface area contributed by atoms with Gasteiger partial charge >= 0.3 is 5.97 Å². The molecule has 3 rings (SSSR count). The minimum atomic E-state index is -0.829. The maximum Gasteiger partial charge on any atom is 0.345 e. The zero-order chi connectivity index (χ0) is 14.7. The monoisotopic (exact) mass is 301 g/mol. The van der Waals surface area contributed by atoms with Crippen LogP contribution < -0.4 is 4.90 Å². The molecule has 0 amide bonds. The van der Waals surface area contributed by atoms with Gasteiger partial charge in [-0.2, -0.15) is 0 Å². The molecule has 0 atom stereocenters. The first kappa shape index (κ1) is 14.1. The molecule has 1 saturated heterocycles. The van der Waals surface area contributed by atoms with Gasteiger partial charge in [0, 0.05) is 24.2 Å². The fourth-order valence-corrected chi connectivity index (χ4v) is 3.70. The largest absolute Gasteiger partial charge is 0.477 e. The summed E-state index contributed by atoms with van der Waals surface area (Å²) in [6.07, 6.45) is 3.50. The Labute approximate surface area is 128 Å². The Balaban J connectivity index is 1.56. The number of rotatable bonds is 4. The van der Waals surface area contributed by atoms with Crippen LogP contribution in [0.5, 0.6) is 0 Å². The summed E-state index contributed by atoms with van der Waals surface area (Å²) in [4.78, 5) is 13.7.